The van der Waals surface area contributed by atoms with Crippen molar-refractivity contribution in [1.29, 1.82) is 0 Å². The molecule has 0 fully saturated rings. The Hall–Kier alpha value is -2.57. The van der Waals surface area contributed by atoms with Crippen LogP contribution in [-0.2, 0) is 16.3 Å². The van der Waals surface area contributed by atoms with E-state index >= 15 is 0 Å². The van der Waals surface area contributed by atoms with E-state index in [4.69, 9.17) is 0 Å². The molecule has 0 aliphatic heterocycles. The van der Waals surface area contributed by atoms with Crippen LogP contribution in [0.4, 0.5) is 26.3 Å². The van der Waals surface area contributed by atoms with E-state index in [9.17, 15) is 39.6 Å². The zero-order chi connectivity index (χ0) is 19.0. The summed E-state index contributed by atoms with van der Waals surface area (Å²) in [6.07, 6.45) is -5.21. The Balaban J connectivity index is 2.56. The van der Waals surface area contributed by atoms with Crippen LogP contribution in [0.5, 0.6) is 5.75 Å². The van der Waals surface area contributed by atoms with Crippen LogP contribution in [0.2, 0.25) is 0 Å². The molecule has 0 saturated carbocycles. The summed E-state index contributed by atoms with van der Waals surface area (Å²) in [4.78, 5) is 10.9. The Morgan fingerprint density at radius 3 is 2.12 bits per heavy atom. The Kier molecular flexibility index (Phi) is 4.55. The molecule has 0 amide bonds. The summed E-state index contributed by atoms with van der Waals surface area (Å²) in [5.41, 5.74) is -8.65. The number of aromatic amines is 1. The lowest BCUT2D eigenvalue weighted by molar-refractivity contribution is -0.138. The molecule has 0 unspecified atom stereocenters. The highest BCUT2D eigenvalue weighted by molar-refractivity contribution is 7.88. The van der Waals surface area contributed by atoms with Crippen molar-refractivity contribution >= 4 is 10.1 Å². The summed E-state index contributed by atoms with van der Waals surface area (Å²) in [6, 6.07) is 3.66. The minimum atomic E-state index is -6.28. The molecule has 0 aliphatic rings. The maximum absolute atomic E-state index is 13.0. The van der Waals surface area contributed by atoms with Gasteiger partial charge in [-0.3, -0.25) is 4.79 Å². The van der Waals surface area contributed by atoms with Crippen molar-refractivity contribution < 1.29 is 38.9 Å². The van der Waals surface area contributed by atoms with Crippen molar-refractivity contribution in [3.8, 4) is 17.0 Å². The molecule has 1 N–H and O–H groups in total. The average Bonchev–Trinajstić information content (AvgIpc) is 2.46. The minimum absolute atomic E-state index is 0.129. The van der Waals surface area contributed by atoms with Crippen molar-refractivity contribution in [2.75, 3.05) is 0 Å². The second-order valence-corrected chi connectivity index (χ2v) is 6.04. The number of nitrogens with one attached hydrogen (secondary N) is 1. The Morgan fingerprint density at radius 1 is 1.00 bits per heavy atom. The number of rotatable bonds is 3. The molecule has 1 aromatic heterocycles. The van der Waals surface area contributed by atoms with Crippen molar-refractivity contribution in [1.82, 2.24) is 10.2 Å². The van der Waals surface area contributed by atoms with Crippen LogP contribution in [0.25, 0.3) is 11.3 Å². The quantitative estimate of drug-likeness (QED) is 0.496. The van der Waals surface area contributed by atoms with E-state index < -0.39 is 38.7 Å². The molecule has 25 heavy (non-hydrogen) atoms. The molecule has 2 rings (SSSR count). The lowest BCUT2D eigenvalue weighted by Crippen LogP contribution is -2.28. The maximum Gasteiger partial charge on any atom is 0.534 e. The van der Waals surface area contributed by atoms with Gasteiger partial charge in [0.15, 0.2) is 5.75 Å². The number of hydrogen-bond donors (Lipinski definition) is 1. The van der Waals surface area contributed by atoms with Gasteiger partial charge in [0, 0.05) is 11.6 Å². The summed E-state index contributed by atoms with van der Waals surface area (Å²) in [6.45, 7) is 0. The topological polar surface area (TPSA) is 89.1 Å². The van der Waals surface area contributed by atoms with Crippen molar-refractivity contribution in [2.24, 2.45) is 0 Å². The van der Waals surface area contributed by atoms with Gasteiger partial charge in [0.05, 0.1) is 11.3 Å². The third-order valence-corrected chi connectivity index (χ3v) is 3.71. The lowest BCUT2D eigenvalue weighted by atomic mass is 10.1. The maximum atomic E-state index is 13.0. The minimum Gasteiger partial charge on any atom is -0.375 e. The molecule has 1 aromatic carbocycles. The zero-order valence-corrected chi connectivity index (χ0v) is 12.5. The molecule has 0 radical (unpaired) electrons. The van der Waals surface area contributed by atoms with E-state index in [-0.39, 0.29) is 11.3 Å². The first kappa shape index (κ1) is 18.8. The van der Waals surface area contributed by atoms with Gasteiger partial charge >= 0.3 is 21.8 Å². The van der Waals surface area contributed by atoms with Gasteiger partial charge in [-0.15, -0.1) is 0 Å². The van der Waals surface area contributed by atoms with Gasteiger partial charge in [0.1, 0.15) is 0 Å². The summed E-state index contributed by atoms with van der Waals surface area (Å²) >= 11 is 0. The molecule has 0 atom stereocenters. The normalized spacial score (nSPS) is 12.9. The largest absolute Gasteiger partial charge is 0.534 e. The Morgan fingerprint density at radius 2 is 1.64 bits per heavy atom. The number of alkyl halides is 6. The fourth-order valence-corrected chi connectivity index (χ4v) is 2.13. The first-order valence-corrected chi connectivity index (χ1v) is 7.50. The number of benzene rings is 1. The van der Waals surface area contributed by atoms with Crippen LogP contribution < -0.4 is 9.74 Å². The van der Waals surface area contributed by atoms with E-state index in [1.165, 1.54) is 0 Å². The number of halogens is 6. The van der Waals surface area contributed by atoms with Gasteiger partial charge in [-0.25, -0.2) is 5.10 Å². The first-order chi connectivity index (χ1) is 11.3. The molecule has 13 heteroatoms. The number of nitrogens with zero attached hydrogens (tertiary/aromatic N) is 1. The van der Waals surface area contributed by atoms with Gasteiger partial charge < -0.3 is 4.18 Å². The molecular weight excluding hydrogens is 382 g/mol. The molecule has 0 aliphatic carbocycles. The van der Waals surface area contributed by atoms with Gasteiger partial charge in [0.25, 0.3) is 5.56 Å². The molecule has 0 saturated heterocycles. The Labute approximate surface area is 135 Å². The van der Waals surface area contributed by atoms with E-state index in [2.05, 4.69) is 9.28 Å². The van der Waals surface area contributed by atoms with Crippen molar-refractivity contribution in [3.05, 3.63) is 46.2 Å². The van der Waals surface area contributed by atoms with Crippen LogP contribution in [0.3, 0.4) is 0 Å². The fraction of sp³-hybridized carbons (Fsp3) is 0.167. The highest BCUT2D eigenvalue weighted by Gasteiger charge is 2.49. The predicted octanol–water partition coefficient (Wildman–Crippen LogP) is 2.68. The molecule has 0 bridgehead atoms. The van der Waals surface area contributed by atoms with Crippen LogP contribution in [0.1, 0.15) is 5.56 Å². The monoisotopic (exact) mass is 388 g/mol. The summed E-state index contributed by atoms with van der Waals surface area (Å²) in [5.74, 6) is -1.54. The van der Waals surface area contributed by atoms with Crippen LogP contribution >= 0.6 is 0 Å². The van der Waals surface area contributed by atoms with Crippen molar-refractivity contribution in [3.63, 3.8) is 0 Å². The highest BCUT2D eigenvalue weighted by Crippen LogP contribution is 2.40. The summed E-state index contributed by atoms with van der Waals surface area (Å²) < 4.78 is 101. The third-order valence-electron chi connectivity index (χ3n) is 2.74. The second-order valence-electron chi connectivity index (χ2n) is 4.50. The second kappa shape index (κ2) is 6.06. The predicted molar refractivity (Wildman–Crippen MR) is 70.9 cm³/mol. The van der Waals surface area contributed by atoms with Crippen molar-refractivity contribution in [2.45, 2.75) is 11.7 Å². The highest BCUT2D eigenvalue weighted by atomic mass is 32.2. The van der Waals surface area contributed by atoms with Crippen LogP contribution in [0, 0.1) is 0 Å². The average molecular weight is 388 g/mol. The molecule has 6 nitrogen and oxygen atoms in total. The van der Waals surface area contributed by atoms with E-state index in [0.29, 0.717) is 12.1 Å². The molecule has 2 aromatic rings. The number of aromatic nitrogens is 2. The van der Waals surface area contributed by atoms with Crippen LogP contribution in [0.15, 0.2) is 35.1 Å². The fourth-order valence-electron chi connectivity index (χ4n) is 1.65. The van der Waals surface area contributed by atoms with Crippen LogP contribution in [-0.4, -0.2) is 24.1 Å². The molecule has 136 valence electrons. The molecule has 0 spiro atoms. The van der Waals surface area contributed by atoms with E-state index in [0.717, 1.165) is 18.2 Å². The molecular formula is C12H6F6N2O4S. The van der Waals surface area contributed by atoms with Gasteiger partial charge in [-0.1, -0.05) is 0 Å². The number of H-pyrrole nitrogens is 1. The van der Waals surface area contributed by atoms with E-state index in [1.807, 2.05) is 5.10 Å². The summed E-state index contributed by atoms with van der Waals surface area (Å²) in [7, 11) is -6.28. The summed E-state index contributed by atoms with van der Waals surface area (Å²) in [5, 5.41) is 5.44. The standard InChI is InChI=1S/C12H6F6N2O4S/c13-11(14,15)7-5-6(8-2-4-10(21)20-19-8)1-3-9(7)24-25(22,23)12(16,17)18/h1-5H,(H,20,21). The Bertz CT molecular complexity index is 929. The SMILES string of the molecule is O=c1ccc(-c2ccc(OS(=O)(=O)C(F)(F)F)c(C(F)(F)F)c2)n[nH]1. The van der Waals surface area contributed by atoms with E-state index in [1.54, 1.807) is 0 Å². The van der Waals surface area contributed by atoms with Gasteiger partial charge in [-0.2, -0.15) is 39.9 Å². The third kappa shape index (κ3) is 4.10. The van der Waals surface area contributed by atoms with Gasteiger partial charge in [-0.05, 0) is 24.3 Å². The smallest absolute Gasteiger partial charge is 0.375 e. The lowest BCUT2D eigenvalue weighted by Gasteiger charge is -2.15. The molecule has 1 heterocycles. The first-order valence-electron chi connectivity index (χ1n) is 6.09. The number of hydrogen-bond acceptors (Lipinski definition) is 5. The van der Waals surface area contributed by atoms with Gasteiger partial charge in [0.2, 0.25) is 0 Å². The zero-order valence-electron chi connectivity index (χ0n) is 11.6.